The Balaban J connectivity index is 2.18. The number of hydrogen-bond acceptors (Lipinski definition) is 3. The third-order valence-electron chi connectivity index (χ3n) is 3.45. The second kappa shape index (κ2) is 4.86. The molecule has 19 heavy (non-hydrogen) atoms. The molecule has 0 aliphatic carbocycles. The lowest BCUT2D eigenvalue weighted by atomic mass is 9.97. The monoisotopic (exact) mass is 251 g/mol. The predicted octanol–water partition coefficient (Wildman–Crippen LogP) is 2.79. The van der Waals surface area contributed by atoms with E-state index in [0.717, 1.165) is 0 Å². The van der Waals surface area contributed by atoms with Gasteiger partial charge in [0.1, 0.15) is 0 Å². The molecular weight excluding hydrogens is 234 g/mol. The number of aromatic nitrogens is 1. The molecule has 0 bridgehead atoms. The zero-order chi connectivity index (χ0) is 13.2. The molecule has 1 N–H and O–H groups in total. The highest BCUT2D eigenvalue weighted by atomic mass is 15.5. The number of rotatable bonds is 2. The normalized spacial score (nSPS) is 19.1. The first-order valence-corrected chi connectivity index (χ1v) is 6.47. The van der Waals surface area contributed by atoms with Crippen LogP contribution in [0.4, 0.5) is 0 Å². The standard InChI is InChI=1S/C16H17N3/c1-12-15(13-8-10-17-11-9-13)16(19(2)18-12)14-6-4-3-5-7-14/h3-12,18H,1-2H3. The zero-order valence-corrected chi connectivity index (χ0v) is 11.2. The van der Waals surface area contributed by atoms with E-state index in [9.17, 15) is 0 Å². The molecular formula is C16H17N3. The van der Waals surface area contributed by atoms with Crippen LogP contribution in [-0.2, 0) is 0 Å². The van der Waals surface area contributed by atoms with Gasteiger partial charge in [-0.25, -0.2) is 5.43 Å². The first-order chi connectivity index (χ1) is 9.27. The van der Waals surface area contributed by atoms with Crippen molar-refractivity contribution in [3.63, 3.8) is 0 Å². The summed E-state index contributed by atoms with van der Waals surface area (Å²) in [5.41, 5.74) is 8.45. The lowest BCUT2D eigenvalue weighted by molar-refractivity contribution is 0.355. The second-order valence-electron chi connectivity index (χ2n) is 4.77. The molecule has 0 saturated carbocycles. The van der Waals surface area contributed by atoms with Crippen molar-refractivity contribution in [3.8, 4) is 0 Å². The maximum absolute atomic E-state index is 4.10. The number of hydrazine groups is 1. The van der Waals surface area contributed by atoms with Crippen LogP contribution in [-0.4, -0.2) is 23.1 Å². The maximum Gasteiger partial charge on any atom is 0.0643 e. The summed E-state index contributed by atoms with van der Waals surface area (Å²) in [4.78, 5) is 4.10. The highest BCUT2D eigenvalue weighted by molar-refractivity contribution is 5.93. The van der Waals surface area contributed by atoms with E-state index in [2.05, 4.69) is 65.8 Å². The molecule has 96 valence electrons. The number of nitrogens with one attached hydrogen (secondary N) is 1. The van der Waals surface area contributed by atoms with E-state index in [1.54, 1.807) is 0 Å². The summed E-state index contributed by atoms with van der Waals surface area (Å²) in [7, 11) is 2.06. The molecule has 1 aliphatic rings. The Morgan fingerprint density at radius 2 is 1.68 bits per heavy atom. The third-order valence-corrected chi connectivity index (χ3v) is 3.45. The molecule has 2 aromatic rings. The van der Waals surface area contributed by atoms with Crippen molar-refractivity contribution in [1.29, 1.82) is 0 Å². The van der Waals surface area contributed by atoms with Crippen molar-refractivity contribution >= 4 is 11.3 Å². The molecule has 1 aliphatic heterocycles. The summed E-state index contributed by atoms with van der Waals surface area (Å²) in [5, 5.41) is 2.11. The van der Waals surface area contributed by atoms with Crippen molar-refractivity contribution in [3.05, 3.63) is 66.0 Å². The van der Waals surface area contributed by atoms with Crippen LogP contribution in [0.3, 0.4) is 0 Å². The summed E-state index contributed by atoms with van der Waals surface area (Å²) < 4.78 is 0. The largest absolute Gasteiger partial charge is 0.310 e. The average molecular weight is 251 g/mol. The van der Waals surface area contributed by atoms with Crippen molar-refractivity contribution in [2.24, 2.45) is 0 Å². The van der Waals surface area contributed by atoms with Crippen LogP contribution in [0.2, 0.25) is 0 Å². The molecule has 3 nitrogen and oxygen atoms in total. The van der Waals surface area contributed by atoms with Gasteiger partial charge in [-0.2, -0.15) is 0 Å². The Labute approximate surface area is 113 Å². The first-order valence-electron chi connectivity index (χ1n) is 6.47. The van der Waals surface area contributed by atoms with E-state index in [0.29, 0.717) is 6.04 Å². The van der Waals surface area contributed by atoms with E-state index in [1.807, 2.05) is 18.5 Å². The fraction of sp³-hybridized carbons (Fsp3) is 0.188. The van der Waals surface area contributed by atoms with E-state index in [4.69, 9.17) is 0 Å². The molecule has 3 rings (SSSR count). The maximum atomic E-state index is 4.10. The van der Waals surface area contributed by atoms with Crippen LogP contribution < -0.4 is 5.43 Å². The highest BCUT2D eigenvalue weighted by Crippen LogP contribution is 2.34. The zero-order valence-electron chi connectivity index (χ0n) is 11.2. The quantitative estimate of drug-likeness (QED) is 0.889. The fourth-order valence-electron chi connectivity index (χ4n) is 2.67. The van der Waals surface area contributed by atoms with Gasteiger partial charge in [-0.15, -0.1) is 0 Å². The van der Waals surface area contributed by atoms with Gasteiger partial charge < -0.3 is 5.01 Å². The van der Waals surface area contributed by atoms with Crippen molar-refractivity contribution in [2.45, 2.75) is 13.0 Å². The Morgan fingerprint density at radius 3 is 2.37 bits per heavy atom. The van der Waals surface area contributed by atoms with Crippen LogP contribution in [0.1, 0.15) is 18.1 Å². The van der Waals surface area contributed by atoms with Gasteiger partial charge in [0.05, 0.1) is 11.7 Å². The van der Waals surface area contributed by atoms with Gasteiger partial charge in [-0.1, -0.05) is 30.3 Å². The lowest BCUT2D eigenvalue weighted by Crippen LogP contribution is -2.32. The van der Waals surface area contributed by atoms with Gasteiger partial charge in [0, 0.05) is 25.0 Å². The Kier molecular flexibility index (Phi) is 3.05. The molecule has 1 unspecified atom stereocenters. The minimum Gasteiger partial charge on any atom is -0.310 e. The Bertz CT molecular complexity index is 536. The van der Waals surface area contributed by atoms with Crippen LogP contribution >= 0.6 is 0 Å². The molecule has 2 heterocycles. The van der Waals surface area contributed by atoms with E-state index < -0.39 is 0 Å². The first kappa shape index (κ1) is 11.9. The molecule has 1 atom stereocenters. The van der Waals surface area contributed by atoms with E-state index >= 15 is 0 Å². The van der Waals surface area contributed by atoms with E-state index in [-0.39, 0.29) is 0 Å². The van der Waals surface area contributed by atoms with Gasteiger partial charge in [0.2, 0.25) is 0 Å². The predicted molar refractivity (Wildman–Crippen MR) is 77.9 cm³/mol. The number of benzene rings is 1. The molecule has 1 aromatic heterocycles. The molecule has 1 aromatic carbocycles. The molecule has 3 heteroatoms. The van der Waals surface area contributed by atoms with E-state index in [1.165, 1.54) is 22.4 Å². The number of pyridine rings is 1. The highest BCUT2D eigenvalue weighted by Gasteiger charge is 2.27. The van der Waals surface area contributed by atoms with Crippen LogP contribution in [0.15, 0.2) is 54.9 Å². The fourth-order valence-corrected chi connectivity index (χ4v) is 2.67. The minimum atomic E-state index is 0.294. The van der Waals surface area contributed by atoms with Crippen LogP contribution in [0, 0.1) is 0 Å². The summed E-state index contributed by atoms with van der Waals surface area (Å²) >= 11 is 0. The molecule has 0 saturated heterocycles. The van der Waals surface area contributed by atoms with Gasteiger partial charge in [-0.3, -0.25) is 4.98 Å². The average Bonchev–Trinajstić information content (AvgIpc) is 2.75. The minimum absolute atomic E-state index is 0.294. The van der Waals surface area contributed by atoms with Crippen LogP contribution in [0.25, 0.3) is 11.3 Å². The third kappa shape index (κ3) is 2.13. The van der Waals surface area contributed by atoms with Gasteiger partial charge in [-0.05, 0) is 30.2 Å². The van der Waals surface area contributed by atoms with Crippen LogP contribution in [0.5, 0.6) is 0 Å². The lowest BCUT2D eigenvalue weighted by Gasteiger charge is -2.17. The Hall–Kier alpha value is -2.13. The summed E-state index contributed by atoms with van der Waals surface area (Å²) in [6.07, 6.45) is 3.69. The summed E-state index contributed by atoms with van der Waals surface area (Å²) in [6.45, 7) is 2.18. The molecule has 0 spiro atoms. The summed E-state index contributed by atoms with van der Waals surface area (Å²) in [5.74, 6) is 0. The van der Waals surface area contributed by atoms with Crippen molar-refractivity contribution in [1.82, 2.24) is 15.4 Å². The van der Waals surface area contributed by atoms with Gasteiger partial charge >= 0.3 is 0 Å². The van der Waals surface area contributed by atoms with Crippen molar-refractivity contribution in [2.75, 3.05) is 7.05 Å². The summed E-state index contributed by atoms with van der Waals surface area (Å²) in [6, 6.07) is 14.9. The smallest absolute Gasteiger partial charge is 0.0643 e. The topological polar surface area (TPSA) is 28.2 Å². The SMILES string of the molecule is CC1NN(C)C(c2ccccc2)=C1c1ccncc1. The molecule has 0 amide bonds. The van der Waals surface area contributed by atoms with Gasteiger partial charge in [0.25, 0.3) is 0 Å². The molecule has 0 radical (unpaired) electrons. The second-order valence-corrected chi connectivity index (χ2v) is 4.77. The number of nitrogens with zero attached hydrogens (tertiary/aromatic N) is 2. The molecule has 0 fully saturated rings. The number of hydrogen-bond donors (Lipinski definition) is 1. The van der Waals surface area contributed by atoms with Gasteiger partial charge in [0.15, 0.2) is 0 Å². The van der Waals surface area contributed by atoms with Crippen molar-refractivity contribution < 1.29 is 0 Å². The Morgan fingerprint density at radius 1 is 1.00 bits per heavy atom.